The lowest BCUT2D eigenvalue weighted by Gasteiger charge is -2.09. The van der Waals surface area contributed by atoms with Crippen LogP contribution >= 0.6 is 11.8 Å². The average molecular weight is 405 g/mol. The summed E-state index contributed by atoms with van der Waals surface area (Å²) < 4.78 is 30.1. The molecule has 1 fully saturated rings. The first kappa shape index (κ1) is 18.6. The molecule has 9 nitrogen and oxygen atoms in total. The van der Waals surface area contributed by atoms with Crippen LogP contribution in [-0.4, -0.2) is 24.4 Å². The van der Waals surface area contributed by atoms with Gasteiger partial charge in [-0.2, -0.15) is 8.42 Å². The molecular formula is C16H11N3O6S2. The topological polar surface area (TPSA) is 139 Å². The number of carbonyl (C=O) groups excluding carboxylic acids is 1. The standard InChI is InChI=1S/C16H11N3O6S2/c17-16-18-15(20)14(26-16)9-10-3-1-2-4-13(10)25-27(23,24)12-7-5-11(6-8-12)19(21)22/h1-9H,(H2,17,18,20). The maximum absolute atomic E-state index is 12.5. The van der Waals surface area contributed by atoms with Gasteiger partial charge < -0.3 is 9.50 Å². The Morgan fingerprint density at radius 2 is 1.81 bits per heavy atom. The van der Waals surface area contributed by atoms with Gasteiger partial charge in [0.2, 0.25) is 0 Å². The van der Waals surface area contributed by atoms with Crippen molar-refractivity contribution >= 4 is 44.7 Å². The van der Waals surface area contributed by atoms with Crippen molar-refractivity contribution in [2.75, 3.05) is 0 Å². The van der Waals surface area contributed by atoms with Crippen LogP contribution in [0.5, 0.6) is 5.75 Å². The van der Waals surface area contributed by atoms with E-state index in [4.69, 9.17) is 9.59 Å². The minimum atomic E-state index is -4.24. The predicted molar refractivity (Wildman–Crippen MR) is 98.8 cm³/mol. The zero-order chi connectivity index (χ0) is 19.6. The third-order valence-corrected chi connectivity index (χ3v) is 5.48. The third kappa shape index (κ3) is 4.15. The predicted octanol–water partition coefficient (Wildman–Crippen LogP) is 2.50. The molecule has 0 aliphatic carbocycles. The lowest BCUT2D eigenvalue weighted by molar-refractivity contribution is -0.384. The Labute approximate surface area is 157 Å². The highest BCUT2D eigenvalue weighted by atomic mass is 32.2. The highest BCUT2D eigenvalue weighted by molar-refractivity contribution is 8.18. The van der Waals surface area contributed by atoms with Crippen LogP contribution in [0.1, 0.15) is 5.56 Å². The molecule has 0 radical (unpaired) electrons. The summed E-state index contributed by atoms with van der Waals surface area (Å²) in [6, 6.07) is 10.5. The Bertz CT molecular complexity index is 1080. The van der Waals surface area contributed by atoms with Crippen molar-refractivity contribution in [1.82, 2.24) is 5.32 Å². The number of benzene rings is 2. The number of nitro benzene ring substituents is 1. The van der Waals surface area contributed by atoms with Crippen LogP contribution in [0.3, 0.4) is 0 Å². The number of amides is 1. The summed E-state index contributed by atoms with van der Waals surface area (Å²) in [4.78, 5) is 21.8. The number of para-hydroxylation sites is 1. The number of rotatable bonds is 5. The van der Waals surface area contributed by atoms with Gasteiger partial charge in [-0.15, -0.1) is 0 Å². The van der Waals surface area contributed by atoms with Crippen molar-refractivity contribution in [3.8, 4) is 5.75 Å². The van der Waals surface area contributed by atoms with E-state index in [1.807, 2.05) is 0 Å². The van der Waals surface area contributed by atoms with E-state index >= 15 is 0 Å². The quantitative estimate of drug-likeness (QED) is 0.337. The number of hydrogen-bond donors (Lipinski definition) is 2. The van der Waals surface area contributed by atoms with Gasteiger partial charge in [0.15, 0.2) is 5.17 Å². The van der Waals surface area contributed by atoms with E-state index in [0.29, 0.717) is 5.56 Å². The maximum Gasteiger partial charge on any atom is 0.339 e. The van der Waals surface area contributed by atoms with Crippen molar-refractivity contribution < 1.29 is 22.3 Å². The molecule has 1 amide bonds. The first-order chi connectivity index (χ1) is 12.8. The molecule has 0 saturated carbocycles. The van der Waals surface area contributed by atoms with Gasteiger partial charge in [-0.1, -0.05) is 18.2 Å². The summed E-state index contributed by atoms with van der Waals surface area (Å²) in [6.07, 6.45) is 1.42. The minimum Gasteiger partial charge on any atom is -0.378 e. The van der Waals surface area contributed by atoms with Gasteiger partial charge in [0.05, 0.1) is 9.83 Å². The van der Waals surface area contributed by atoms with Crippen LogP contribution in [0.15, 0.2) is 58.3 Å². The monoisotopic (exact) mass is 405 g/mol. The molecule has 1 aliphatic rings. The minimum absolute atomic E-state index is 0.0183. The van der Waals surface area contributed by atoms with Crippen molar-refractivity contribution in [2.45, 2.75) is 4.90 Å². The molecule has 1 heterocycles. The van der Waals surface area contributed by atoms with Crippen molar-refractivity contribution in [3.05, 3.63) is 69.1 Å². The summed E-state index contributed by atoms with van der Waals surface area (Å²) in [5, 5.41) is 20.4. The Balaban J connectivity index is 1.91. The van der Waals surface area contributed by atoms with E-state index in [2.05, 4.69) is 5.32 Å². The summed E-state index contributed by atoms with van der Waals surface area (Å²) in [5.74, 6) is -0.479. The second-order valence-electron chi connectivity index (χ2n) is 5.22. The SMILES string of the molecule is N=C1NC(=O)C(=Cc2ccccc2OS(=O)(=O)c2ccc([N+](=O)[O-])cc2)S1. The first-order valence-electron chi connectivity index (χ1n) is 7.34. The molecule has 11 heteroatoms. The van der Waals surface area contributed by atoms with Gasteiger partial charge in [0.1, 0.15) is 10.6 Å². The van der Waals surface area contributed by atoms with E-state index in [0.717, 1.165) is 36.0 Å². The van der Waals surface area contributed by atoms with Crippen molar-refractivity contribution in [1.29, 1.82) is 5.41 Å². The van der Waals surface area contributed by atoms with E-state index < -0.39 is 20.9 Å². The van der Waals surface area contributed by atoms with Gasteiger partial charge in [-0.05, 0) is 36.0 Å². The molecule has 138 valence electrons. The molecule has 0 aromatic heterocycles. The van der Waals surface area contributed by atoms with Crippen LogP contribution in [0.4, 0.5) is 5.69 Å². The number of carbonyl (C=O) groups is 1. The molecule has 2 aromatic carbocycles. The second-order valence-corrected chi connectivity index (χ2v) is 7.82. The number of amidine groups is 1. The zero-order valence-corrected chi connectivity index (χ0v) is 15.0. The number of nitrogens with zero attached hydrogens (tertiary/aromatic N) is 1. The van der Waals surface area contributed by atoms with Gasteiger partial charge in [-0.25, -0.2) is 0 Å². The summed E-state index contributed by atoms with van der Waals surface area (Å²) in [5.41, 5.74) is 0.0844. The highest BCUT2D eigenvalue weighted by Crippen LogP contribution is 2.30. The Morgan fingerprint density at radius 1 is 1.15 bits per heavy atom. The first-order valence-corrected chi connectivity index (χ1v) is 9.56. The molecule has 0 unspecified atom stereocenters. The number of hydrogen-bond acceptors (Lipinski definition) is 8. The number of nitrogens with one attached hydrogen (secondary N) is 2. The molecule has 2 N–H and O–H groups in total. The van der Waals surface area contributed by atoms with E-state index in [-0.39, 0.29) is 26.4 Å². The average Bonchev–Trinajstić information content (AvgIpc) is 2.93. The van der Waals surface area contributed by atoms with Crippen LogP contribution in [0.25, 0.3) is 6.08 Å². The zero-order valence-electron chi connectivity index (χ0n) is 13.4. The molecule has 1 aliphatic heterocycles. The van der Waals surface area contributed by atoms with Crippen LogP contribution in [-0.2, 0) is 14.9 Å². The van der Waals surface area contributed by atoms with Gasteiger partial charge >= 0.3 is 10.1 Å². The normalized spacial score (nSPS) is 15.6. The molecule has 0 bridgehead atoms. The summed E-state index contributed by atoms with van der Waals surface area (Å²) in [7, 11) is -4.24. The fourth-order valence-corrected chi connectivity index (χ4v) is 3.81. The molecule has 2 aromatic rings. The van der Waals surface area contributed by atoms with Gasteiger partial charge in [0.25, 0.3) is 11.6 Å². The fraction of sp³-hybridized carbons (Fsp3) is 0. The van der Waals surface area contributed by atoms with E-state index in [1.165, 1.54) is 12.1 Å². The van der Waals surface area contributed by atoms with E-state index in [9.17, 15) is 23.3 Å². The summed E-state index contributed by atoms with van der Waals surface area (Å²) in [6.45, 7) is 0. The van der Waals surface area contributed by atoms with Crippen molar-refractivity contribution in [3.63, 3.8) is 0 Å². The van der Waals surface area contributed by atoms with Crippen LogP contribution in [0.2, 0.25) is 0 Å². The highest BCUT2D eigenvalue weighted by Gasteiger charge is 2.24. The molecular weight excluding hydrogens is 394 g/mol. The van der Waals surface area contributed by atoms with Crippen molar-refractivity contribution in [2.24, 2.45) is 0 Å². The molecule has 1 saturated heterocycles. The fourth-order valence-electron chi connectivity index (χ4n) is 2.16. The lowest BCUT2D eigenvalue weighted by Crippen LogP contribution is -2.18. The second kappa shape index (κ2) is 7.21. The van der Waals surface area contributed by atoms with Gasteiger partial charge in [0, 0.05) is 17.7 Å². The number of thioether (sulfide) groups is 1. The lowest BCUT2D eigenvalue weighted by atomic mass is 10.2. The van der Waals surface area contributed by atoms with E-state index in [1.54, 1.807) is 18.2 Å². The van der Waals surface area contributed by atoms with Gasteiger partial charge in [-0.3, -0.25) is 20.3 Å². The molecule has 3 rings (SSSR count). The number of non-ortho nitro benzene ring substituents is 1. The Hall–Kier alpha value is -3.18. The molecule has 27 heavy (non-hydrogen) atoms. The molecule has 0 spiro atoms. The number of nitro groups is 1. The maximum atomic E-state index is 12.5. The Kier molecular flexibility index (Phi) is 4.97. The molecule has 0 atom stereocenters. The third-order valence-electron chi connectivity index (χ3n) is 3.40. The van der Waals surface area contributed by atoms with Crippen LogP contribution < -0.4 is 9.50 Å². The van der Waals surface area contributed by atoms with Crippen LogP contribution in [0, 0.1) is 15.5 Å². The summed E-state index contributed by atoms with van der Waals surface area (Å²) >= 11 is 0.911. The largest absolute Gasteiger partial charge is 0.378 e. The smallest absolute Gasteiger partial charge is 0.339 e. The Morgan fingerprint density at radius 3 is 2.41 bits per heavy atom.